The molecule has 18 heavy (non-hydrogen) atoms. The summed E-state index contributed by atoms with van der Waals surface area (Å²) in [5.41, 5.74) is 7.06. The summed E-state index contributed by atoms with van der Waals surface area (Å²) in [6, 6.07) is 9.80. The van der Waals surface area contributed by atoms with Crippen LogP contribution in [0.4, 0.5) is 10.1 Å². The molecule has 0 saturated carbocycles. The molecule has 2 nitrogen and oxygen atoms in total. The van der Waals surface area contributed by atoms with E-state index in [1.807, 2.05) is 6.07 Å². The van der Waals surface area contributed by atoms with Gasteiger partial charge >= 0.3 is 0 Å². The molecule has 0 aromatic heterocycles. The van der Waals surface area contributed by atoms with Crippen LogP contribution < -0.4 is 10.5 Å². The minimum atomic E-state index is -0.287. The van der Waals surface area contributed by atoms with Gasteiger partial charge in [0.1, 0.15) is 18.2 Å². The number of rotatable bonds is 3. The first-order valence-electron chi connectivity index (χ1n) is 5.17. The second kappa shape index (κ2) is 5.71. The molecule has 0 heterocycles. The predicted octanol–water partition coefficient (Wildman–Crippen LogP) is 4.51. The Balaban J connectivity index is 2.13. The van der Waals surface area contributed by atoms with Crippen LogP contribution in [-0.2, 0) is 6.61 Å². The second-order valence-electron chi connectivity index (χ2n) is 3.74. The standard InChI is InChI=1S/C13H10Br2FNO/c14-9-4-11(17)6-12(5-9)18-7-8-3-10(16)1-2-13(8)15/h1-6H,7,17H2. The molecule has 0 aliphatic carbocycles. The molecule has 0 spiro atoms. The van der Waals surface area contributed by atoms with Crippen molar-refractivity contribution in [1.29, 1.82) is 0 Å². The van der Waals surface area contributed by atoms with Crippen molar-refractivity contribution in [2.45, 2.75) is 6.61 Å². The van der Waals surface area contributed by atoms with Crippen molar-refractivity contribution < 1.29 is 9.13 Å². The molecule has 0 radical (unpaired) electrons. The fourth-order valence-corrected chi connectivity index (χ4v) is 2.33. The van der Waals surface area contributed by atoms with Crippen molar-refractivity contribution in [3.05, 3.63) is 56.7 Å². The lowest BCUT2D eigenvalue weighted by Crippen LogP contribution is -1.98. The van der Waals surface area contributed by atoms with Crippen molar-refractivity contribution in [3.8, 4) is 5.75 Å². The number of anilines is 1. The van der Waals surface area contributed by atoms with Crippen molar-refractivity contribution >= 4 is 37.5 Å². The zero-order valence-electron chi connectivity index (χ0n) is 9.29. The molecule has 0 unspecified atom stereocenters. The van der Waals surface area contributed by atoms with Gasteiger partial charge in [-0.2, -0.15) is 0 Å². The summed E-state index contributed by atoms with van der Waals surface area (Å²) >= 11 is 6.69. The van der Waals surface area contributed by atoms with E-state index in [9.17, 15) is 4.39 Å². The molecular weight excluding hydrogens is 365 g/mol. The van der Waals surface area contributed by atoms with Crippen LogP contribution in [0.3, 0.4) is 0 Å². The topological polar surface area (TPSA) is 35.2 Å². The molecule has 0 atom stereocenters. The normalized spacial score (nSPS) is 10.4. The number of hydrogen-bond donors (Lipinski definition) is 1. The summed E-state index contributed by atoms with van der Waals surface area (Å²) in [4.78, 5) is 0. The number of nitrogens with two attached hydrogens (primary N) is 1. The Kier molecular flexibility index (Phi) is 4.24. The van der Waals surface area contributed by atoms with E-state index >= 15 is 0 Å². The van der Waals surface area contributed by atoms with Crippen molar-refractivity contribution in [2.24, 2.45) is 0 Å². The third-order valence-electron chi connectivity index (χ3n) is 2.30. The fraction of sp³-hybridized carbons (Fsp3) is 0.0769. The molecule has 94 valence electrons. The number of ether oxygens (including phenoxy) is 1. The van der Waals surface area contributed by atoms with Crippen LogP contribution in [0.1, 0.15) is 5.56 Å². The Morgan fingerprint density at radius 1 is 1.11 bits per heavy atom. The highest BCUT2D eigenvalue weighted by Gasteiger charge is 2.04. The van der Waals surface area contributed by atoms with E-state index in [1.165, 1.54) is 12.1 Å². The summed E-state index contributed by atoms with van der Waals surface area (Å²) in [5, 5.41) is 0. The summed E-state index contributed by atoms with van der Waals surface area (Å²) in [5.74, 6) is 0.351. The first-order valence-corrected chi connectivity index (χ1v) is 6.76. The summed E-state index contributed by atoms with van der Waals surface area (Å²) in [6.45, 7) is 0.272. The maximum absolute atomic E-state index is 13.1. The Bertz CT molecular complexity index is 555. The molecular formula is C13H10Br2FNO. The Labute approximate surface area is 121 Å². The van der Waals surface area contributed by atoms with E-state index in [4.69, 9.17) is 10.5 Å². The largest absolute Gasteiger partial charge is 0.489 e. The molecule has 2 N–H and O–H groups in total. The van der Waals surface area contributed by atoms with Gasteiger partial charge in [0.25, 0.3) is 0 Å². The van der Waals surface area contributed by atoms with Gasteiger partial charge in [-0.3, -0.25) is 0 Å². The summed E-state index contributed by atoms with van der Waals surface area (Å²) in [6.07, 6.45) is 0. The highest BCUT2D eigenvalue weighted by atomic mass is 79.9. The Morgan fingerprint density at radius 2 is 1.89 bits per heavy atom. The smallest absolute Gasteiger partial charge is 0.123 e. The van der Waals surface area contributed by atoms with Gasteiger partial charge in [-0.05, 0) is 30.3 Å². The Hall–Kier alpha value is -1.07. The van der Waals surface area contributed by atoms with Crippen LogP contribution >= 0.6 is 31.9 Å². The van der Waals surface area contributed by atoms with Crippen LogP contribution in [0.2, 0.25) is 0 Å². The molecule has 0 fully saturated rings. The molecule has 2 rings (SSSR count). The van der Waals surface area contributed by atoms with Crippen LogP contribution in [-0.4, -0.2) is 0 Å². The lowest BCUT2D eigenvalue weighted by atomic mass is 10.2. The molecule has 0 aliphatic rings. The van der Waals surface area contributed by atoms with Gasteiger partial charge < -0.3 is 10.5 Å². The SMILES string of the molecule is Nc1cc(Br)cc(OCc2cc(F)ccc2Br)c1. The molecule has 2 aromatic rings. The highest BCUT2D eigenvalue weighted by Crippen LogP contribution is 2.25. The van der Waals surface area contributed by atoms with E-state index in [2.05, 4.69) is 31.9 Å². The van der Waals surface area contributed by atoms with E-state index in [0.717, 1.165) is 14.5 Å². The average Bonchev–Trinajstić information content (AvgIpc) is 2.29. The summed E-state index contributed by atoms with van der Waals surface area (Å²) < 4.78 is 20.3. The van der Waals surface area contributed by atoms with Gasteiger partial charge in [0.2, 0.25) is 0 Å². The van der Waals surface area contributed by atoms with Crippen LogP contribution in [0.15, 0.2) is 45.3 Å². The van der Waals surface area contributed by atoms with Gasteiger partial charge in [-0.1, -0.05) is 31.9 Å². The maximum Gasteiger partial charge on any atom is 0.123 e. The lowest BCUT2D eigenvalue weighted by molar-refractivity contribution is 0.305. The molecule has 5 heteroatoms. The average molecular weight is 375 g/mol. The number of halogens is 3. The number of nitrogen functional groups attached to an aromatic ring is 1. The minimum absolute atomic E-state index is 0.272. The highest BCUT2D eigenvalue weighted by molar-refractivity contribution is 9.10. The number of hydrogen-bond acceptors (Lipinski definition) is 2. The lowest BCUT2D eigenvalue weighted by Gasteiger charge is -2.09. The quantitative estimate of drug-likeness (QED) is 0.802. The molecule has 0 saturated heterocycles. The van der Waals surface area contributed by atoms with Crippen LogP contribution in [0, 0.1) is 5.82 Å². The predicted molar refractivity (Wildman–Crippen MR) is 77.0 cm³/mol. The molecule has 0 amide bonds. The minimum Gasteiger partial charge on any atom is -0.489 e. The van der Waals surface area contributed by atoms with Gasteiger partial charge in [-0.25, -0.2) is 4.39 Å². The van der Waals surface area contributed by atoms with Crippen LogP contribution in [0.5, 0.6) is 5.75 Å². The summed E-state index contributed by atoms with van der Waals surface area (Å²) in [7, 11) is 0. The van der Waals surface area contributed by atoms with E-state index in [0.29, 0.717) is 11.4 Å². The van der Waals surface area contributed by atoms with Crippen molar-refractivity contribution in [1.82, 2.24) is 0 Å². The Morgan fingerprint density at radius 3 is 2.61 bits per heavy atom. The zero-order valence-corrected chi connectivity index (χ0v) is 12.5. The fourth-order valence-electron chi connectivity index (χ4n) is 1.48. The van der Waals surface area contributed by atoms with E-state index in [-0.39, 0.29) is 12.4 Å². The molecule has 0 bridgehead atoms. The first-order chi connectivity index (χ1) is 8.54. The second-order valence-corrected chi connectivity index (χ2v) is 5.51. The first kappa shape index (κ1) is 13.4. The third-order valence-corrected chi connectivity index (χ3v) is 3.53. The molecule has 2 aromatic carbocycles. The van der Waals surface area contributed by atoms with Gasteiger partial charge in [0.05, 0.1) is 0 Å². The van der Waals surface area contributed by atoms with Crippen molar-refractivity contribution in [2.75, 3.05) is 5.73 Å². The maximum atomic E-state index is 13.1. The van der Waals surface area contributed by atoms with E-state index in [1.54, 1.807) is 18.2 Å². The van der Waals surface area contributed by atoms with Crippen LogP contribution in [0.25, 0.3) is 0 Å². The monoisotopic (exact) mass is 373 g/mol. The third kappa shape index (κ3) is 3.46. The van der Waals surface area contributed by atoms with E-state index < -0.39 is 0 Å². The zero-order chi connectivity index (χ0) is 13.1. The van der Waals surface area contributed by atoms with Gasteiger partial charge in [0, 0.05) is 26.3 Å². The van der Waals surface area contributed by atoms with Gasteiger partial charge in [0.15, 0.2) is 0 Å². The van der Waals surface area contributed by atoms with Gasteiger partial charge in [-0.15, -0.1) is 0 Å². The van der Waals surface area contributed by atoms with Crippen molar-refractivity contribution in [3.63, 3.8) is 0 Å². The molecule has 0 aliphatic heterocycles. The number of benzene rings is 2.